The van der Waals surface area contributed by atoms with Gasteiger partial charge in [-0.25, -0.2) is 19.6 Å². The van der Waals surface area contributed by atoms with Crippen LogP contribution in [0.2, 0.25) is 0 Å². The first-order valence-corrected chi connectivity index (χ1v) is 37.5. The van der Waals surface area contributed by atoms with Gasteiger partial charge >= 0.3 is 11.9 Å². The molecule has 15 rings (SSSR count). The van der Waals surface area contributed by atoms with Crippen LogP contribution in [0.3, 0.4) is 0 Å². The van der Waals surface area contributed by atoms with E-state index in [0.29, 0.717) is 19.3 Å². The van der Waals surface area contributed by atoms with Crippen molar-refractivity contribution < 1.29 is 169 Å². The molecule has 18 nitrogen and oxygen atoms in total. The van der Waals surface area contributed by atoms with Gasteiger partial charge in [0.2, 0.25) is 0 Å². The normalized spacial score (nSPS) is 10.9. The Morgan fingerprint density at radius 2 is 0.648 bits per heavy atom. The molecular weight excluding hydrogens is 2250 g/mol. The standard InChI is InChI=1S/C13H8N.C13H12N.C12H10N.3C11H8N.2C6H5NO2.3C5H12O2.2Ir.4Rh/c1-2-6-12-10(4-1)7-8-11-5-3-9-14-13(11)12;1-10-7-11(2)9-12(8-10)13-5-3-4-6-14-13;1-2-6-11(7-3-1)10-12-8-4-5-9-13-12;3*1-2-6-10(7-3-1)11-8-4-5-9-12-11;2*8-6(9)5-3-1-2-4-7-5;3*1-4(6)3-5(2)7;;;;;;/h1-5,7-9H;3-8H,1-2H3;1-6,8-9H,10H2;3*1-6,8-9H;2*1-4H,(H,8,9);3*4-7H,3H2,1-2H3;;;;;;/q6*-1;;;;;;;;;;;. The number of hydrogen-bond donors (Lipinski definition) is 8. The van der Waals surface area contributed by atoms with Gasteiger partial charge in [-0.05, 0) is 168 Å². The largest absolute Gasteiger partial charge is 0.477 e. The minimum Gasteiger partial charge on any atom is -0.477 e. The molecule has 0 bridgehead atoms. The third kappa shape index (κ3) is 51.0. The molecule has 0 amide bonds. The summed E-state index contributed by atoms with van der Waals surface area (Å²) in [5.41, 5.74) is 14.0. The van der Waals surface area contributed by atoms with E-state index in [2.05, 4.69) is 133 Å². The molecule has 122 heavy (non-hydrogen) atoms. The van der Waals surface area contributed by atoms with Crippen LogP contribution in [0, 0.1) is 50.2 Å². The van der Waals surface area contributed by atoms with Crippen LogP contribution in [0.5, 0.6) is 0 Å². The predicted octanol–water partition coefficient (Wildman–Crippen LogP) is 18.4. The zero-order chi connectivity index (χ0) is 83.9. The number of pyridine rings is 8. The van der Waals surface area contributed by atoms with Gasteiger partial charge in [-0.15, -0.1) is 178 Å². The SMILES string of the molecule is CC(O)CC(C)O.CC(O)CC(C)O.CC(O)CC(C)O.Cc1[c-]c(-c2ccccn2)cc(C)c1.O=C(O)c1ccccn1.O=C(O)c1ccccn1.[Ir].[Ir].[Rh].[Rh].[Rh].[Rh].[c-]1cccc2ccc3cccnc3c12.[c-]1ccccc1-c1ccccn1.[c-]1ccccc1-c1ccccn1.[c-]1ccccc1-c1ccccn1.[c-]1ccccc1Cc1ccccn1. The summed E-state index contributed by atoms with van der Waals surface area (Å²) in [6.45, 7) is 14.1. The van der Waals surface area contributed by atoms with Crippen molar-refractivity contribution in [2.75, 3.05) is 0 Å². The maximum atomic E-state index is 10.1. The van der Waals surface area contributed by atoms with Crippen molar-refractivity contribution in [3.63, 3.8) is 0 Å². The van der Waals surface area contributed by atoms with Crippen molar-refractivity contribution >= 4 is 33.6 Å². The van der Waals surface area contributed by atoms with Crippen molar-refractivity contribution in [2.24, 2.45) is 0 Å². The van der Waals surface area contributed by atoms with Crippen LogP contribution >= 0.6 is 0 Å². The first kappa shape index (κ1) is 115. The number of aromatic nitrogens is 8. The second-order valence-electron chi connectivity index (χ2n) is 25.9. The Morgan fingerprint density at radius 1 is 0.320 bits per heavy atom. The summed E-state index contributed by atoms with van der Waals surface area (Å²) in [6, 6.07) is 108. The Kier molecular flexibility index (Phi) is 65.1. The topological polar surface area (TPSA) is 299 Å². The molecule has 8 aromatic heterocycles. The number of aliphatic hydroxyl groups excluding tert-OH is 6. The maximum absolute atomic E-state index is 10.1. The quantitative estimate of drug-likeness (QED) is 0.0285. The maximum Gasteiger partial charge on any atom is 0.354 e. The number of carboxylic acids is 2. The number of hydrogen-bond acceptors (Lipinski definition) is 16. The van der Waals surface area contributed by atoms with Gasteiger partial charge in [0.1, 0.15) is 11.4 Å². The van der Waals surface area contributed by atoms with Gasteiger partial charge in [-0.1, -0.05) is 98.8 Å². The number of carboxylic acid groups (broad SMARTS) is 2. The molecule has 0 spiro atoms. The Balaban J connectivity index is 0. The van der Waals surface area contributed by atoms with Crippen LogP contribution < -0.4 is 0 Å². The summed E-state index contributed by atoms with van der Waals surface area (Å²) >= 11 is 0. The molecule has 0 saturated heterocycles. The van der Waals surface area contributed by atoms with E-state index in [-0.39, 0.29) is 166 Å². The molecule has 6 atom stereocenters. The average molecular weight is 2350 g/mol. The smallest absolute Gasteiger partial charge is 0.354 e. The number of aromatic carboxylic acids is 2. The molecule has 652 valence electrons. The van der Waals surface area contributed by atoms with Crippen LogP contribution in [0.25, 0.3) is 66.7 Å². The van der Waals surface area contributed by atoms with Gasteiger partial charge < -0.3 is 65.8 Å². The zero-order valence-corrected chi connectivity index (χ0v) is 79.8. The van der Waals surface area contributed by atoms with E-state index in [4.69, 9.17) is 40.9 Å². The Morgan fingerprint density at radius 3 is 0.951 bits per heavy atom. The molecule has 0 aliphatic carbocycles. The number of rotatable bonds is 14. The Bertz CT molecular complexity index is 4560. The van der Waals surface area contributed by atoms with Gasteiger partial charge in [0.05, 0.1) is 36.6 Å². The fourth-order valence-corrected chi connectivity index (χ4v) is 10.2. The van der Waals surface area contributed by atoms with Crippen molar-refractivity contribution in [1.82, 2.24) is 39.9 Å². The van der Waals surface area contributed by atoms with E-state index in [1.54, 1.807) is 90.6 Å². The second-order valence-corrected chi connectivity index (χ2v) is 25.9. The molecule has 0 fully saturated rings. The fraction of sp³-hybridized carbons (Fsp3) is 0.184. The van der Waals surface area contributed by atoms with Crippen molar-refractivity contribution in [3.05, 3.63) is 399 Å². The number of fused-ring (bicyclic) bond motifs is 3. The zero-order valence-electron chi connectivity index (χ0n) is 68.4. The molecule has 15 aromatic rings. The van der Waals surface area contributed by atoms with Gasteiger partial charge in [-0.2, -0.15) is 35.9 Å². The molecule has 8 heterocycles. The van der Waals surface area contributed by atoms with E-state index in [9.17, 15) is 9.59 Å². The van der Waals surface area contributed by atoms with Gasteiger partial charge in [-0.3, -0.25) is 4.98 Å². The molecule has 7 aromatic carbocycles. The minimum atomic E-state index is -0.990. The Hall–Kier alpha value is -9.25. The van der Waals surface area contributed by atoms with E-state index in [1.165, 1.54) is 46.4 Å². The van der Waals surface area contributed by atoms with E-state index >= 15 is 0 Å². The molecule has 6 unspecified atom stereocenters. The summed E-state index contributed by atoms with van der Waals surface area (Å²) in [7, 11) is 0. The van der Waals surface area contributed by atoms with E-state index in [1.807, 2.05) is 213 Å². The van der Waals surface area contributed by atoms with Gasteiger partial charge in [0, 0.05) is 173 Å². The van der Waals surface area contributed by atoms with Crippen LogP contribution in [-0.4, -0.2) is 129 Å². The van der Waals surface area contributed by atoms with E-state index in [0.717, 1.165) is 73.6 Å². The molecule has 0 aliphatic heterocycles. The van der Waals surface area contributed by atoms with Crippen LogP contribution in [0.4, 0.5) is 0 Å². The summed E-state index contributed by atoms with van der Waals surface area (Å²) < 4.78 is 0. The fourth-order valence-electron chi connectivity index (χ4n) is 10.2. The van der Waals surface area contributed by atoms with Crippen LogP contribution in [0.15, 0.2) is 329 Å². The van der Waals surface area contributed by atoms with Crippen molar-refractivity contribution in [3.8, 4) is 45.0 Å². The summed E-state index contributed by atoms with van der Waals surface area (Å²) in [6.07, 6.45) is 13.7. The van der Waals surface area contributed by atoms with Gasteiger partial charge in [0.15, 0.2) is 0 Å². The predicted molar refractivity (Wildman–Crippen MR) is 460 cm³/mol. The third-order valence-electron chi connectivity index (χ3n) is 15.1. The summed E-state index contributed by atoms with van der Waals surface area (Å²) in [5.74, 6) is -1.98. The number of aryl methyl sites for hydroxylation is 2. The number of benzene rings is 7. The molecule has 6 radical (unpaired) electrons. The van der Waals surface area contributed by atoms with Crippen molar-refractivity contribution in [1.29, 1.82) is 0 Å². The first-order chi connectivity index (χ1) is 56.0. The average Bonchev–Trinajstić information content (AvgIpc) is 0.797. The molecule has 0 aliphatic rings. The molecule has 0 saturated carbocycles. The number of carbonyl (C=O) groups is 2. The number of nitrogens with zero attached hydrogens (tertiary/aromatic N) is 8. The summed E-state index contributed by atoms with van der Waals surface area (Å²) in [5, 5.41) is 71.5. The summed E-state index contributed by atoms with van der Waals surface area (Å²) in [4.78, 5) is 53.0. The monoisotopic (exact) mass is 2350 g/mol. The van der Waals surface area contributed by atoms with E-state index < -0.39 is 11.9 Å². The Labute approximate surface area is 796 Å². The second kappa shape index (κ2) is 69.2. The molecule has 24 heteroatoms. The molecular formula is C98H100Ir2N8O10Rh4-6. The molecule has 8 N–H and O–H groups in total. The third-order valence-corrected chi connectivity index (χ3v) is 15.1. The van der Waals surface area contributed by atoms with Crippen LogP contribution in [0.1, 0.15) is 104 Å². The van der Waals surface area contributed by atoms with Crippen LogP contribution in [-0.2, 0) is 125 Å². The van der Waals surface area contributed by atoms with Crippen molar-refractivity contribution in [2.45, 2.75) is 118 Å². The van der Waals surface area contributed by atoms with Gasteiger partial charge in [0.25, 0.3) is 0 Å². The minimum absolute atomic E-state index is 0. The first-order valence-electron chi connectivity index (χ1n) is 37.5. The number of aliphatic hydroxyl groups is 6.